The van der Waals surface area contributed by atoms with E-state index in [9.17, 15) is 44.4 Å². The van der Waals surface area contributed by atoms with Gasteiger partial charge < -0.3 is 44.1 Å². The lowest BCUT2D eigenvalue weighted by Crippen LogP contribution is -2.47. The molecule has 1 aliphatic rings. The Labute approximate surface area is 485 Å². The fraction of sp³-hybridized carbons (Fsp3) is 0.915. The molecule has 0 aliphatic carbocycles. The maximum atomic E-state index is 12.7. The van der Waals surface area contributed by atoms with E-state index in [2.05, 4.69) is 19.6 Å². The predicted octanol–water partition coefficient (Wildman–Crippen LogP) is 8.36. The van der Waals surface area contributed by atoms with Crippen molar-refractivity contribution in [1.29, 1.82) is 0 Å². The number of aliphatic hydroxyl groups excluding tert-OH is 4. The third-order valence-electron chi connectivity index (χ3n) is 13.6. The number of nitrogens with zero attached hydrogens (tertiary/aromatic N) is 4. The van der Waals surface area contributed by atoms with Crippen LogP contribution >= 0.6 is 21.6 Å². The highest BCUT2D eigenvalue weighted by atomic mass is 33.1. The molecule has 0 spiro atoms. The molecule has 1 rings (SSSR count). The van der Waals surface area contributed by atoms with Crippen molar-refractivity contribution in [2.24, 2.45) is 0 Å². The van der Waals surface area contributed by atoms with Crippen molar-refractivity contribution in [1.82, 2.24) is 19.6 Å². The van der Waals surface area contributed by atoms with Crippen LogP contribution in [0.5, 0.6) is 0 Å². The number of carbonyl (C=O) groups is 5. The van der Waals surface area contributed by atoms with Gasteiger partial charge >= 0.3 is 29.8 Å². The van der Waals surface area contributed by atoms with Crippen LogP contribution < -0.4 is 0 Å². The van der Waals surface area contributed by atoms with Crippen LogP contribution in [0.15, 0.2) is 0 Å². The number of ether oxygens (including phenoxy) is 5. The van der Waals surface area contributed by atoms with Crippen LogP contribution in [0.4, 0.5) is 0 Å². The molecule has 0 radical (unpaired) electrons. The van der Waals surface area contributed by atoms with Crippen molar-refractivity contribution in [2.45, 2.75) is 239 Å². The summed E-state index contributed by atoms with van der Waals surface area (Å²) in [7, 11) is 3.79. The lowest BCUT2D eigenvalue weighted by atomic mass is 10.1. The van der Waals surface area contributed by atoms with Gasteiger partial charge in [0.05, 0.1) is 49.8 Å². The van der Waals surface area contributed by atoms with Crippen molar-refractivity contribution in [3.63, 3.8) is 0 Å². The molecule has 0 aromatic rings. The predicted molar refractivity (Wildman–Crippen MR) is 317 cm³/mol. The molecule has 464 valence electrons. The Balaban J connectivity index is 2.38. The van der Waals surface area contributed by atoms with Gasteiger partial charge in [-0.15, -0.1) is 0 Å². The Morgan fingerprint density at radius 3 is 1.13 bits per heavy atom. The Morgan fingerprint density at radius 1 is 0.418 bits per heavy atom. The first-order valence-corrected chi connectivity index (χ1v) is 33.2. The maximum absolute atomic E-state index is 12.7. The van der Waals surface area contributed by atoms with Gasteiger partial charge in [-0.25, -0.2) is 0 Å². The topological polar surface area (TPSA) is 225 Å². The van der Waals surface area contributed by atoms with Gasteiger partial charge in [0, 0.05) is 109 Å². The van der Waals surface area contributed by atoms with E-state index in [1.54, 1.807) is 0 Å². The van der Waals surface area contributed by atoms with Gasteiger partial charge in [0.1, 0.15) is 6.61 Å². The summed E-state index contributed by atoms with van der Waals surface area (Å²) in [5.41, 5.74) is 0. The first-order valence-electron chi connectivity index (χ1n) is 30.7. The van der Waals surface area contributed by atoms with Crippen molar-refractivity contribution in [3.8, 4) is 0 Å². The second kappa shape index (κ2) is 50.3. The average Bonchev–Trinajstić information content (AvgIpc) is 3.39. The van der Waals surface area contributed by atoms with Crippen molar-refractivity contribution >= 4 is 51.4 Å². The summed E-state index contributed by atoms with van der Waals surface area (Å²) in [6.07, 6.45) is 13.7. The van der Waals surface area contributed by atoms with Crippen LogP contribution in [0.3, 0.4) is 0 Å². The second-order valence-corrected chi connectivity index (χ2v) is 24.8. The molecule has 20 heteroatoms. The summed E-state index contributed by atoms with van der Waals surface area (Å²) in [6, 6.07) is 0. The highest BCUT2D eigenvalue weighted by Gasteiger charge is 2.21. The molecular weight excluding hydrogens is 1050 g/mol. The van der Waals surface area contributed by atoms with E-state index < -0.39 is 24.4 Å². The van der Waals surface area contributed by atoms with E-state index in [4.69, 9.17) is 23.7 Å². The molecule has 79 heavy (non-hydrogen) atoms. The molecule has 0 saturated carbocycles. The van der Waals surface area contributed by atoms with Gasteiger partial charge in [-0.3, -0.25) is 43.6 Å². The van der Waals surface area contributed by atoms with Gasteiger partial charge in [-0.05, 0) is 131 Å². The monoisotopic (exact) mass is 1160 g/mol. The van der Waals surface area contributed by atoms with E-state index >= 15 is 0 Å². The van der Waals surface area contributed by atoms with Crippen LogP contribution in [-0.2, 0) is 47.7 Å². The molecular formula is C59H112N4O14S2. The SMILES string of the molecule is CCCCOC(=O)CCCCC(O)CN(CCCCC(=O)OCCN1CCN(CCSSCCCCN(CC(O)CCCCC(=O)OC(C)C)CC(O)CCCCC(=O)OC(C)C)CC1)CC(O)CCCCC(=O)OCCCC. The fourth-order valence-electron chi connectivity index (χ4n) is 9.10. The highest BCUT2D eigenvalue weighted by Crippen LogP contribution is 2.23. The first-order chi connectivity index (χ1) is 38.0. The van der Waals surface area contributed by atoms with Crippen molar-refractivity contribution in [2.75, 3.05) is 110 Å². The largest absolute Gasteiger partial charge is 0.466 e. The summed E-state index contributed by atoms with van der Waals surface area (Å²) in [5.74, 6) is 1.02. The Morgan fingerprint density at radius 2 is 0.747 bits per heavy atom. The van der Waals surface area contributed by atoms with Gasteiger partial charge in [0.2, 0.25) is 0 Å². The summed E-state index contributed by atoms with van der Waals surface area (Å²) in [6.45, 7) is 21.3. The number of esters is 5. The lowest BCUT2D eigenvalue weighted by molar-refractivity contribution is -0.148. The summed E-state index contributed by atoms with van der Waals surface area (Å²) < 4.78 is 26.6. The Hall–Kier alpha value is -2.27. The molecule has 4 N–H and O–H groups in total. The molecule has 1 saturated heterocycles. The molecule has 0 aromatic heterocycles. The van der Waals surface area contributed by atoms with E-state index in [0.717, 1.165) is 102 Å². The van der Waals surface area contributed by atoms with E-state index in [-0.39, 0.29) is 42.1 Å². The number of piperazine rings is 1. The Kier molecular flexibility index (Phi) is 47.6. The van der Waals surface area contributed by atoms with Crippen LogP contribution in [-0.4, -0.2) is 216 Å². The molecule has 0 amide bonds. The molecule has 18 nitrogen and oxygen atoms in total. The smallest absolute Gasteiger partial charge is 0.306 e. The molecule has 1 aliphatic heterocycles. The number of hydrogen-bond acceptors (Lipinski definition) is 20. The standard InChI is InChI=1S/C59H112N4O14S2/c1-7-9-40-73-55(68)27-15-11-23-51(64)45-62(46-52(65)24-12-16-28-56(69)74-41-10-8-2)32-20-19-29-57(70)75-42-38-60-34-36-61(37-35-60)39-44-79-78-43-22-21-33-63(47-53(66)25-13-17-30-58(71)76-49(3)4)48-54(67)26-14-18-31-59(72)77-50(5)6/h49-54,64-67H,7-48H2,1-6H3. The summed E-state index contributed by atoms with van der Waals surface area (Å²) in [4.78, 5) is 69.5. The quantitative estimate of drug-likeness (QED) is 0.0194. The zero-order valence-corrected chi connectivity index (χ0v) is 51.8. The van der Waals surface area contributed by atoms with Crippen molar-refractivity contribution in [3.05, 3.63) is 0 Å². The third kappa shape index (κ3) is 46.9. The summed E-state index contributed by atoms with van der Waals surface area (Å²) in [5, 5.41) is 43.6. The number of rotatable bonds is 53. The van der Waals surface area contributed by atoms with Gasteiger partial charge in [-0.2, -0.15) is 0 Å². The lowest BCUT2D eigenvalue weighted by Gasteiger charge is -2.34. The fourth-order valence-corrected chi connectivity index (χ4v) is 11.3. The van der Waals surface area contributed by atoms with Crippen LogP contribution in [0, 0.1) is 0 Å². The molecule has 4 unspecified atom stereocenters. The highest BCUT2D eigenvalue weighted by molar-refractivity contribution is 8.76. The third-order valence-corrected chi connectivity index (χ3v) is 16.0. The van der Waals surface area contributed by atoms with Crippen LogP contribution in [0.2, 0.25) is 0 Å². The zero-order chi connectivity index (χ0) is 58.3. The maximum Gasteiger partial charge on any atom is 0.306 e. The van der Waals surface area contributed by atoms with E-state index in [0.29, 0.717) is 168 Å². The van der Waals surface area contributed by atoms with Gasteiger partial charge in [0.15, 0.2) is 0 Å². The van der Waals surface area contributed by atoms with Gasteiger partial charge in [-0.1, -0.05) is 74.0 Å². The molecule has 0 bridgehead atoms. The number of hydrogen-bond donors (Lipinski definition) is 4. The molecule has 4 atom stereocenters. The van der Waals surface area contributed by atoms with Crippen molar-refractivity contribution < 1.29 is 68.1 Å². The van der Waals surface area contributed by atoms with E-state index in [1.807, 2.05) is 63.1 Å². The minimum absolute atomic E-state index is 0.135. The first kappa shape index (κ1) is 74.7. The minimum Gasteiger partial charge on any atom is -0.466 e. The normalized spacial score (nSPS) is 14.9. The average molecular weight is 1170 g/mol. The van der Waals surface area contributed by atoms with Crippen LogP contribution in [0.1, 0.15) is 202 Å². The molecule has 1 fully saturated rings. The zero-order valence-electron chi connectivity index (χ0n) is 50.1. The minimum atomic E-state index is -0.615. The second-order valence-electron chi connectivity index (χ2n) is 22.1. The number of unbranched alkanes of at least 4 members (excludes halogenated alkanes) is 8. The number of aliphatic hydroxyl groups is 4. The van der Waals surface area contributed by atoms with Gasteiger partial charge in [0.25, 0.3) is 0 Å². The molecule has 1 heterocycles. The number of carbonyl (C=O) groups excluding carboxylic acids is 5. The molecule has 0 aromatic carbocycles. The van der Waals surface area contributed by atoms with Crippen LogP contribution in [0.25, 0.3) is 0 Å². The summed E-state index contributed by atoms with van der Waals surface area (Å²) >= 11 is 0. The Bertz CT molecular complexity index is 1460. The van der Waals surface area contributed by atoms with E-state index in [1.165, 1.54) is 0 Å².